The molecule has 0 amide bonds. The summed E-state index contributed by atoms with van der Waals surface area (Å²) < 4.78 is 29.6. The number of allylic oxidation sites excluding steroid dienone is 1. The van der Waals surface area contributed by atoms with Crippen LogP contribution in [0.4, 0.5) is 0 Å². The Morgan fingerprint density at radius 1 is 1.14 bits per heavy atom. The Morgan fingerprint density at radius 3 is 2.14 bits per heavy atom. The van der Waals surface area contributed by atoms with Crippen LogP contribution in [0.3, 0.4) is 0 Å². The van der Waals surface area contributed by atoms with Gasteiger partial charge in [-0.2, -0.15) is 0 Å². The van der Waals surface area contributed by atoms with Crippen molar-refractivity contribution in [2.45, 2.75) is 33.7 Å². The Kier molecular flexibility index (Phi) is 8.37. The van der Waals surface area contributed by atoms with Crippen LogP contribution >= 0.6 is 19.0 Å². The fourth-order valence-corrected chi connectivity index (χ4v) is 4.21. The molecule has 1 rings (SSSR count). The molecule has 22 heavy (non-hydrogen) atoms. The van der Waals surface area contributed by atoms with E-state index in [4.69, 9.17) is 25.6 Å². The minimum absolute atomic E-state index is 0.318. The van der Waals surface area contributed by atoms with Gasteiger partial charge in [-0.3, -0.25) is 4.57 Å². The molecule has 0 aliphatic rings. The Labute approximate surface area is 137 Å². The highest BCUT2D eigenvalue weighted by molar-refractivity contribution is 7.62. The maximum atomic E-state index is 13.2. The molecular formula is C16H24ClO4P. The Morgan fingerprint density at radius 2 is 1.68 bits per heavy atom. The van der Waals surface area contributed by atoms with Crippen LogP contribution in [-0.2, 0) is 18.6 Å². The van der Waals surface area contributed by atoms with E-state index in [0.717, 1.165) is 11.1 Å². The maximum Gasteiger partial charge on any atom is 0.279 e. The van der Waals surface area contributed by atoms with Gasteiger partial charge >= 0.3 is 0 Å². The highest BCUT2D eigenvalue weighted by atomic mass is 35.5. The lowest BCUT2D eigenvalue weighted by Gasteiger charge is -2.24. The van der Waals surface area contributed by atoms with Crippen molar-refractivity contribution < 1.29 is 18.6 Å². The minimum atomic E-state index is -3.24. The molecule has 0 heterocycles. The molecule has 0 aliphatic heterocycles. The molecule has 0 saturated heterocycles. The van der Waals surface area contributed by atoms with E-state index in [0.29, 0.717) is 24.8 Å². The average molecular weight is 347 g/mol. The highest BCUT2D eigenvalue weighted by Gasteiger charge is 2.34. The Bertz CT molecular complexity index is 521. The second kappa shape index (κ2) is 9.49. The van der Waals surface area contributed by atoms with E-state index in [9.17, 15) is 4.57 Å². The van der Waals surface area contributed by atoms with Crippen molar-refractivity contribution in [2.24, 2.45) is 0 Å². The van der Waals surface area contributed by atoms with Gasteiger partial charge in [-0.05, 0) is 51.0 Å². The van der Waals surface area contributed by atoms with Crippen molar-refractivity contribution >= 4 is 24.5 Å². The summed E-state index contributed by atoms with van der Waals surface area (Å²) in [5.41, 5.74) is 1.76. The predicted molar refractivity (Wildman–Crippen MR) is 91.4 cm³/mol. The third-order valence-corrected chi connectivity index (χ3v) is 5.46. The lowest BCUT2D eigenvalue weighted by Crippen LogP contribution is -2.18. The van der Waals surface area contributed by atoms with E-state index >= 15 is 0 Å². The standard InChI is InChI=1S/C16H24ClO4P/c1-5-19-16(20-6-2)22(18,21-7-3)12-13(4)14-8-10-15(17)11-9-14/h8-12,16H,5-7H2,1-4H3/b13-12+. The first-order valence-corrected chi connectivity index (χ1v) is 9.53. The molecule has 0 saturated carbocycles. The molecule has 1 atom stereocenters. The van der Waals surface area contributed by atoms with Crippen LogP contribution in [0.1, 0.15) is 33.3 Å². The fraction of sp³-hybridized carbons (Fsp3) is 0.500. The van der Waals surface area contributed by atoms with Gasteiger partial charge in [-0.25, -0.2) is 0 Å². The second-order valence-electron chi connectivity index (χ2n) is 4.60. The second-order valence-corrected chi connectivity index (χ2v) is 7.26. The molecule has 0 spiro atoms. The largest absolute Gasteiger partial charge is 0.344 e. The van der Waals surface area contributed by atoms with Crippen molar-refractivity contribution in [2.75, 3.05) is 19.8 Å². The zero-order chi connectivity index (χ0) is 16.6. The van der Waals surface area contributed by atoms with Crippen LogP contribution in [0.2, 0.25) is 5.02 Å². The normalized spacial score (nSPS) is 15.1. The zero-order valence-electron chi connectivity index (χ0n) is 13.5. The molecule has 0 radical (unpaired) electrons. The predicted octanol–water partition coefficient (Wildman–Crippen LogP) is 5.37. The number of ether oxygens (including phenoxy) is 2. The number of benzene rings is 1. The van der Waals surface area contributed by atoms with Crippen LogP contribution in [-0.4, -0.2) is 25.9 Å². The minimum Gasteiger partial charge on any atom is -0.344 e. The molecule has 6 heteroatoms. The summed E-state index contributed by atoms with van der Waals surface area (Å²) in [5.74, 6) is 1.62. The lowest BCUT2D eigenvalue weighted by atomic mass is 10.1. The quantitative estimate of drug-likeness (QED) is 0.445. The Balaban J connectivity index is 3.13. The number of rotatable bonds is 9. The van der Waals surface area contributed by atoms with Crippen molar-refractivity contribution in [1.82, 2.24) is 0 Å². The summed E-state index contributed by atoms with van der Waals surface area (Å²) in [7, 11) is -3.24. The van der Waals surface area contributed by atoms with Crippen LogP contribution < -0.4 is 0 Å². The molecule has 4 nitrogen and oxygen atoms in total. The van der Waals surface area contributed by atoms with Gasteiger partial charge in [-0.1, -0.05) is 23.7 Å². The van der Waals surface area contributed by atoms with Crippen molar-refractivity contribution in [3.05, 3.63) is 40.7 Å². The van der Waals surface area contributed by atoms with E-state index in [2.05, 4.69) is 0 Å². The summed E-state index contributed by atoms with van der Waals surface area (Å²) in [5, 5.41) is 0.658. The molecule has 0 bridgehead atoms. The highest BCUT2D eigenvalue weighted by Crippen LogP contribution is 2.55. The van der Waals surface area contributed by atoms with Gasteiger partial charge in [0.25, 0.3) is 7.37 Å². The van der Waals surface area contributed by atoms with E-state index in [-0.39, 0.29) is 0 Å². The van der Waals surface area contributed by atoms with Crippen LogP contribution in [0.25, 0.3) is 5.57 Å². The number of hydrogen-bond donors (Lipinski definition) is 0. The molecule has 1 unspecified atom stereocenters. The molecule has 124 valence electrons. The average Bonchev–Trinajstić information content (AvgIpc) is 2.47. The molecule has 0 aliphatic carbocycles. The first-order chi connectivity index (χ1) is 10.5. The third-order valence-electron chi connectivity index (χ3n) is 2.92. The topological polar surface area (TPSA) is 44.8 Å². The van der Waals surface area contributed by atoms with Crippen molar-refractivity contribution in [3.63, 3.8) is 0 Å². The van der Waals surface area contributed by atoms with E-state index < -0.39 is 13.4 Å². The monoisotopic (exact) mass is 346 g/mol. The third kappa shape index (κ3) is 5.53. The smallest absolute Gasteiger partial charge is 0.279 e. The van der Waals surface area contributed by atoms with Gasteiger partial charge in [0, 0.05) is 24.1 Å². The van der Waals surface area contributed by atoms with Gasteiger partial charge in [0.1, 0.15) is 0 Å². The van der Waals surface area contributed by atoms with Gasteiger partial charge in [0.2, 0.25) is 6.03 Å². The van der Waals surface area contributed by atoms with E-state index in [1.54, 1.807) is 24.9 Å². The molecule has 1 aromatic carbocycles. The summed E-state index contributed by atoms with van der Waals surface area (Å²) in [6, 6.07) is 6.46. The van der Waals surface area contributed by atoms with E-state index in [1.807, 2.05) is 32.9 Å². The Hall–Kier alpha value is -0.640. The molecule has 0 fully saturated rings. The number of hydrogen-bond acceptors (Lipinski definition) is 4. The molecule has 0 N–H and O–H groups in total. The van der Waals surface area contributed by atoms with Gasteiger partial charge < -0.3 is 14.0 Å². The summed E-state index contributed by atoms with van der Waals surface area (Å²) >= 11 is 5.89. The SMILES string of the molecule is CCOC(OCC)P(=O)(/C=C(\C)c1ccc(Cl)cc1)OCC. The van der Waals surface area contributed by atoms with Gasteiger partial charge in [0.15, 0.2) is 0 Å². The van der Waals surface area contributed by atoms with Crippen LogP contribution in [0.15, 0.2) is 30.1 Å². The summed E-state index contributed by atoms with van der Waals surface area (Å²) in [4.78, 5) is 0. The summed E-state index contributed by atoms with van der Waals surface area (Å²) in [6.45, 7) is 8.45. The van der Waals surface area contributed by atoms with Crippen molar-refractivity contribution in [3.8, 4) is 0 Å². The first-order valence-electron chi connectivity index (χ1n) is 7.39. The summed E-state index contributed by atoms with van der Waals surface area (Å²) in [6.07, 6.45) is 0. The van der Waals surface area contributed by atoms with Crippen LogP contribution in [0.5, 0.6) is 0 Å². The molecule has 1 aromatic rings. The first kappa shape index (κ1) is 19.4. The fourth-order valence-electron chi connectivity index (χ4n) is 1.96. The maximum absolute atomic E-state index is 13.2. The zero-order valence-corrected chi connectivity index (χ0v) is 15.2. The number of halogens is 1. The van der Waals surface area contributed by atoms with E-state index in [1.165, 1.54) is 0 Å². The van der Waals surface area contributed by atoms with Gasteiger partial charge in [-0.15, -0.1) is 0 Å². The van der Waals surface area contributed by atoms with Gasteiger partial charge in [0.05, 0.1) is 6.61 Å². The van der Waals surface area contributed by atoms with Crippen molar-refractivity contribution in [1.29, 1.82) is 0 Å². The molecule has 0 aromatic heterocycles. The molecular weight excluding hydrogens is 323 g/mol. The van der Waals surface area contributed by atoms with Crippen LogP contribution in [0, 0.1) is 0 Å². The lowest BCUT2D eigenvalue weighted by molar-refractivity contribution is -0.0877.